The largest absolute Gasteiger partial charge is 0.338 e. The molecule has 8 heteroatoms. The maximum Gasteiger partial charge on any atom is 0.241 e. The van der Waals surface area contributed by atoms with Crippen molar-refractivity contribution in [2.75, 3.05) is 26.2 Å². The summed E-state index contributed by atoms with van der Waals surface area (Å²) in [6.07, 6.45) is 1.02. The number of nitrogens with zero attached hydrogens (tertiary/aromatic N) is 5. The number of thiazole rings is 1. The maximum absolute atomic E-state index is 5.41. The van der Waals surface area contributed by atoms with E-state index in [4.69, 9.17) is 4.52 Å². The Bertz CT molecular complexity index is 790. The normalized spacial score (nSPS) is 16.5. The van der Waals surface area contributed by atoms with Gasteiger partial charge in [0.1, 0.15) is 0 Å². The van der Waals surface area contributed by atoms with Crippen LogP contribution in [0, 0.1) is 0 Å². The Morgan fingerprint density at radius 1 is 1.08 bits per heavy atom. The molecule has 0 saturated carbocycles. The van der Waals surface area contributed by atoms with Gasteiger partial charge in [-0.2, -0.15) is 4.98 Å². The van der Waals surface area contributed by atoms with E-state index in [9.17, 15) is 0 Å². The van der Waals surface area contributed by atoms with Crippen LogP contribution < -0.4 is 0 Å². The van der Waals surface area contributed by atoms with Gasteiger partial charge in [0.15, 0.2) is 0 Å². The standard InChI is InChI=1S/C17H21N5OS2/c1-2-16-18-13(12-25-16)10-21-5-7-22(8-6-21)11-15-19-17(20-23-15)14-4-3-9-24-14/h3-4,9,12H,2,5-8,10-11H2,1H3. The van der Waals surface area contributed by atoms with Gasteiger partial charge in [0.05, 0.1) is 22.1 Å². The van der Waals surface area contributed by atoms with Gasteiger partial charge in [-0.05, 0) is 17.9 Å². The number of hydrogen-bond acceptors (Lipinski definition) is 8. The first kappa shape index (κ1) is 16.8. The van der Waals surface area contributed by atoms with Crippen molar-refractivity contribution in [1.82, 2.24) is 24.9 Å². The zero-order valence-electron chi connectivity index (χ0n) is 14.2. The molecule has 4 rings (SSSR count). The molecule has 0 unspecified atom stereocenters. The van der Waals surface area contributed by atoms with Crippen LogP contribution >= 0.6 is 22.7 Å². The van der Waals surface area contributed by atoms with Crippen LogP contribution in [0.2, 0.25) is 0 Å². The van der Waals surface area contributed by atoms with Crippen LogP contribution in [0.3, 0.4) is 0 Å². The first-order valence-electron chi connectivity index (χ1n) is 8.54. The van der Waals surface area contributed by atoms with Crippen molar-refractivity contribution in [3.05, 3.63) is 39.5 Å². The number of aryl methyl sites for hydroxylation is 1. The van der Waals surface area contributed by atoms with E-state index in [0.717, 1.165) is 50.6 Å². The van der Waals surface area contributed by atoms with Gasteiger partial charge in [0.25, 0.3) is 0 Å². The molecule has 6 nitrogen and oxygen atoms in total. The van der Waals surface area contributed by atoms with Gasteiger partial charge in [0, 0.05) is 38.1 Å². The summed E-state index contributed by atoms with van der Waals surface area (Å²) in [6.45, 7) is 7.96. The zero-order valence-corrected chi connectivity index (χ0v) is 15.9. The van der Waals surface area contributed by atoms with Crippen LogP contribution in [-0.4, -0.2) is 51.1 Å². The fourth-order valence-corrected chi connectivity index (χ4v) is 4.32. The molecule has 3 aromatic rings. The van der Waals surface area contributed by atoms with Crippen LogP contribution in [0.25, 0.3) is 10.7 Å². The number of aromatic nitrogens is 3. The Kier molecular flexibility index (Phi) is 5.21. The summed E-state index contributed by atoms with van der Waals surface area (Å²) in [7, 11) is 0. The smallest absolute Gasteiger partial charge is 0.241 e. The fraction of sp³-hybridized carbons (Fsp3) is 0.471. The predicted octanol–water partition coefficient (Wildman–Crippen LogP) is 3.13. The minimum Gasteiger partial charge on any atom is -0.338 e. The predicted molar refractivity (Wildman–Crippen MR) is 99.7 cm³/mol. The summed E-state index contributed by atoms with van der Waals surface area (Å²) in [6, 6.07) is 4.02. The highest BCUT2D eigenvalue weighted by atomic mass is 32.1. The van der Waals surface area contributed by atoms with Gasteiger partial charge >= 0.3 is 0 Å². The van der Waals surface area contributed by atoms with Crippen LogP contribution in [-0.2, 0) is 19.5 Å². The molecule has 0 atom stereocenters. The number of rotatable bonds is 6. The van der Waals surface area contributed by atoms with E-state index in [1.54, 1.807) is 22.7 Å². The molecule has 1 saturated heterocycles. The topological polar surface area (TPSA) is 58.3 Å². The van der Waals surface area contributed by atoms with Gasteiger partial charge in [0.2, 0.25) is 11.7 Å². The lowest BCUT2D eigenvalue weighted by atomic mass is 10.3. The summed E-state index contributed by atoms with van der Waals surface area (Å²) in [5.74, 6) is 1.39. The summed E-state index contributed by atoms with van der Waals surface area (Å²) >= 11 is 3.40. The molecule has 0 radical (unpaired) electrons. The molecule has 0 N–H and O–H groups in total. The third kappa shape index (κ3) is 4.14. The van der Waals surface area contributed by atoms with Gasteiger partial charge < -0.3 is 4.52 Å². The summed E-state index contributed by atoms with van der Waals surface area (Å²) in [5, 5.41) is 9.53. The first-order chi connectivity index (χ1) is 12.3. The summed E-state index contributed by atoms with van der Waals surface area (Å²) in [5.41, 5.74) is 1.20. The Morgan fingerprint density at radius 3 is 2.56 bits per heavy atom. The molecule has 1 fully saturated rings. The van der Waals surface area contributed by atoms with Crippen molar-refractivity contribution in [3.63, 3.8) is 0 Å². The SMILES string of the molecule is CCc1nc(CN2CCN(Cc3nc(-c4cccs4)no3)CC2)cs1. The van der Waals surface area contributed by atoms with Crippen molar-refractivity contribution < 1.29 is 4.52 Å². The molecule has 132 valence electrons. The van der Waals surface area contributed by atoms with Crippen LogP contribution in [0.4, 0.5) is 0 Å². The van der Waals surface area contributed by atoms with Crippen molar-refractivity contribution in [2.45, 2.75) is 26.4 Å². The third-order valence-corrected chi connectivity index (χ3v) is 6.23. The Labute approximate surface area is 155 Å². The second-order valence-electron chi connectivity index (χ2n) is 6.13. The monoisotopic (exact) mass is 375 g/mol. The number of thiophene rings is 1. The molecular weight excluding hydrogens is 354 g/mol. The lowest BCUT2D eigenvalue weighted by molar-refractivity contribution is 0.111. The molecule has 3 aromatic heterocycles. The lowest BCUT2D eigenvalue weighted by Gasteiger charge is -2.33. The molecular formula is C17H21N5OS2. The molecule has 0 aliphatic carbocycles. The Balaban J connectivity index is 1.27. The number of hydrogen-bond donors (Lipinski definition) is 0. The lowest BCUT2D eigenvalue weighted by Crippen LogP contribution is -2.45. The van der Waals surface area contributed by atoms with Crippen molar-refractivity contribution in [3.8, 4) is 10.7 Å². The first-order valence-corrected chi connectivity index (χ1v) is 10.3. The average Bonchev–Trinajstić information content (AvgIpc) is 3.38. The highest BCUT2D eigenvalue weighted by Crippen LogP contribution is 2.22. The highest BCUT2D eigenvalue weighted by molar-refractivity contribution is 7.13. The molecule has 0 amide bonds. The molecule has 1 aliphatic heterocycles. The van der Waals surface area contributed by atoms with E-state index in [2.05, 4.69) is 37.2 Å². The fourth-order valence-electron chi connectivity index (χ4n) is 2.93. The van der Waals surface area contributed by atoms with E-state index in [1.165, 1.54) is 10.7 Å². The Hall–Kier alpha value is -1.61. The van der Waals surface area contributed by atoms with Gasteiger partial charge in [-0.3, -0.25) is 9.80 Å². The Morgan fingerprint density at radius 2 is 1.88 bits per heavy atom. The quantitative estimate of drug-likeness (QED) is 0.660. The maximum atomic E-state index is 5.41. The summed E-state index contributed by atoms with van der Waals surface area (Å²) in [4.78, 5) is 15.1. The van der Waals surface area contributed by atoms with E-state index < -0.39 is 0 Å². The molecule has 0 aromatic carbocycles. The van der Waals surface area contributed by atoms with Gasteiger partial charge in [-0.15, -0.1) is 22.7 Å². The van der Waals surface area contributed by atoms with Crippen molar-refractivity contribution >= 4 is 22.7 Å². The van der Waals surface area contributed by atoms with Crippen LogP contribution in [0.1, 0.15) is 23.5 Å². The van der Waals surface area contributed by atoms with Crippen molar-refractivity contribution in [1.29, 1.82) is 0 Å². The molecule has 0 bridgehead atoms. The minimum atomic E-state index is 0.693. The second-order valence-corrected chi connectivity index (χ2v) is 8.02. The van der Waals surface area contributed by atoms with E-state index in [0.29, 0.717) is 11.7 Å². The van der Waals surface area contributed by atoms with Crippen molar-refractivity contribution in [2.24, 2.45) is 0 Å². The van der Waals surface area contributed by atoms with E-state index in [-0.39, 0.29) is 0 Å². The minimum absolute atomic E-state index is 0.693. The molecule has 1 aliphatic rings. The highest BCUT2D eigenvalue weighted by Gasteiger charge is 2.20. The van der Waals surface area contributed by atoms with Gasteiger partial charge in [-0.25, -0.2) is 4.98 Å². The van der Waals surface area contributed by atoms with E-state index in [1.807, 2.05) is 17.5 Å². The molecule has 25 heavy (non-hydrogen) atoms. The van der Waals surface area contributed by atoms with E-state index >= 15 is 0 Å². The zero-order chi connectivity index (χ0) is 17.1. The molecule has 4 heterocycles. The second kappa shape index (κ2) is 7.74. The van der Waals surface area contributed by atoms with Gasteiger partial charge in [-0.1, -0.05) is 18.1 Å². The van der Waals surface area contributed by atoms with Crippen LogP contribution in [0.15, 0.2) is 27.4 Å². The summed E-state index contributed by atoms with van der Waals surface area (Å²) < 4.78 is 5.41. The number of piperazine rings is 1. The third-order valence-electron chi connectivity index (χ3n) is 4.32. The average molecular weight is 376 g/mol. The molecule has 0 spiro atoms. The van der Waals surface area contributed by atoms with Crippen LogP contribution in [0.5, 0.6) is 0 Å².